The maximum absolute atomic E-state index is 10.6. The zero-order valence-corrected chi connectivity index (χ0v) is 6.69. The van der Waals surface area contributed by atoms with Gasteiger partial charge in [0.2, 0.25) is 0 Å². The number of rotatable bonds is 0. The van der Waals surface area contributed by atoms with E-state index in [4.69, 9.17) is 4.78 Å². The van der Waals surface area contributed by atoms with Crippen LogP contribution in [0.2, 0.25) is 0 Å². The summed E-state index contributed by atoms with van der Waals surface area (Å²) >= 11 is -0.868. The van der Waals surface area contributed by atoms with E-state index in [-0.39, 0.29) is 0 Å². The lowest BCUT2D eigenvalue weighted by Crippen LogP contribution is -2.01. The number of hydrogen-bond acceptors (Lipinski definition) is 2. The SMILES string of the molecule is N=[S+]C(F)(F)F.c1ccncc1. The Morgan fingerprint density at radius 1 is 1.08 bits per heavy atom. The summed E-state index contributed by atoms with van der Waals surface area (Å²) in [6.45, 7) is 0. The zero-order chi connectivity index (χ0) is 9.45. The average Bonchev–Trinajstić information content (AvgIpc) is 2.07. The Kier molecular flexibility index (Phi) is 5.11. The van der Waals surface area contributed by atoms with Crippen molar-refractivity contribution in [1.29, 1.82) is 4.78 Å². The molecule has 0 bridgehead atoms. The van der Waals surface area contributed by atoms with Crippen molar-refractivity contribution in [3.05, 3.63) is 30.6 Å². The van der Waals surface area contributed by atoms with Gasteiger partial charge >= 0.3 is 17.1 Å². The first-order valence-electron chi connectivity index (χ1n) is 2.82. The highest BCUT2D eigenvalue weighted by molar-refractivity contribution is 7.67. The molecular formula is C6H6F3N2S+. The summed E-state index contributed by atoms with van der Waals surface area (Å²) in [5.41, 5.74) is -4.38. The van der Waals surface area contributed by atoms with Crippen molar-refractivity contribution in [2.75, 3.05) is 0 Å². The predicted octanol–water partition coefficient (Wildman–Crippen LogP) is 2.43. The van der Waals surface area contributed by atoms with Crippen molar-refractivity contribution in [2.24, 2.45) is 0 Å². The van der Waals surface area contributed by atoms with E-state index in [9.17, 15) is 13.2 Å². The summed E-state index contributed by atoms with van der Waals surface area (Å²) in [5, 5.41) is 0. The van der Waals surface area contributed by atoms with Crippen LogP contribution in [0.25, 0.3) is 0 Å². The molecule has 0 aromatic carbocycles. The quantitative estimate of drug-likeness (QED) is 0.634. The molecule has 0 aliphatic heterocycles. The molecule has 0 atom stereocenters. The summed E-state index contributed by atoms with van der Waals surface area (Å²) in [6.07, 6.45) is 3.50. The fourth-order valence-electron chi connectivity index (χ4n) is 0.313. The van der Waals surface area contributed by atoms with Gasteiger partial charge in [0, 0.05) is 12.4 Å². The second kappa shape index (κ2) is 5.59. The molecule has 0 fully saturated rings. The van der Waals surface area contributed by atoms with Gasteiger partial charge in [0.05, 0.1) is 0 Å². The molecule has 0 unspecified atom stereocenters. The smallest absolute Gasteiger partial charge is 0.265 e. The third kappa shape index (κ3) is 8.96. The van der Waals surface area contributed by atoms with E-state index in [0.29, 0.717) is 0 Å². The number of aromatic nitrogens is 1. The number of pyridine rings is 1. The van der Waals surface area contributed by atoms with Gasteiger partial charge in [0.25, 0.3) is 0 Å². The Bertz CT molecular complexity index is 185. The van der Waals surface area contributed by atoms with Gasteiger partial charge in [-0.15, -0.1) is 13.2 Å². The monoisotopic (exact) mass is 195 g/mol. The molecule has 0 saturated carbocycles. The number of halogens is 3. The molecule has 1 aromatic heterocycles. The molecule has 2 nitrogen and oxygen atoms in total. The Labute approximate surface area is 71.4 Å². The lowest BCUT2D eigenvalue weighted by Gasteiger charge is -1.72. The second-order valence-electron chi connectivity index (χ2n) is 1.57. The highest BCUT2D eigenvalue weighted by atomic mass is 32.1. The molecule has 0 aliphatic carbocycles. The van der Waals surface area contributed by atoms with E-state index >= 15 is 0 Å². The van der Waals surface area contributed by atoms with Crippen LogP contribution in [0, 0.1) is 4.78 Å². The third-order valence-electron chi connectivity index (χ3n) is 0.682. The third-order valence-corrected chi connectivity index (χ3v) is 0.914. The molecule has 6 heteroatoms. The van der Waals surface area contributed by atoms with Crippen molar-refractivity contribution in [1.82, 2.24) is 4.98 Å². The minimum atomic E-state index is -4.38. The number of hydrogen-bond donors (Lipinski definition) is 1. The lowest BCUT2D eigenvalue weighted by atomic mass is 10.5. The Morgan fingerprint density at radius 2 is 1.50 bits per heavy atom. The van der Waals surface area contributed by atoms with Crippen molar-refractivity contribution in [2.45, 2.75) is 5.51 Å². The first kappa shape index (κ1) is 11.0. The number of nitrogens with one attached hydrogen (secondary N) is 1. The van der Waals surface area contributed by atoms with Crippen LogP contribution in [0.15, 0.2) is 30.6 Å². The van der Waals surface area contributed by atoms with Crippen LogP contribution in [-0.4, -0.2) is 10.5 Å². The standard InChI is InChI=1S/C5H5N.CHF3NS/c1-2-4-6-5-3-1;2-1(3,4)6-5/h1-5H;5H/q;+1. The minimum absolute atomic E-state index is 0.868. The number of nitrogens with zero attached hydrogens (tertiary/aromatic N) is 1. The molecule has 66 valence electrons. The molecule has 0 spiro atoms. The van der Waals surface area contributed by atoms with Gasteiger partial charge in [-0.05, 0) is 16.9 Å². The molecule has 0 saturated heterocycles. The van der Waals surface area contributed by atoms with Gasteiger partial charge in [-0.1, -0.05) is 6.07 Å². The molecule has 1 rings (SSSR count). The van der Waals surface area contributed by atoms with Crippen LogP contribution in [0.4, 0.5) is 13.2 Å². The Morgan fingerprint density at radius 3 is 1.58 bits per heavy atom. The van der Waals surface area contributed by atoms with E-state index in [1.165, 1.54) is 0 Å². The van der Waals surface area contributed by atoms with Gasteiger partial charge < -0.3 is 0 Å². The summed E-state index contributed by atoms with van der Waals surface area (Å²) in [6, 6.07) is 5.72. The van der Waals surface area contributed by atoms with Crippen LogP contribution in [-0.2, 0) is 11.6 Å². The van der Waals surface area contributed by atoms with E-state index in [1.807, 2.05) is 18.2 Å². The van der Waals surface area contributed by atoms with Crippen LogP contribution < -0.4 is 0 Å². The highest BCUT2D eigenvalue weighted by Gasteiger charge is 2.42. The number of alkyl halides is 3. The van der Waals surface area contributed by atoms with E-state index < -0.39 is 17.1 Å². The Balaban J connectivity index is 0.000000202. The van der Waals surface area contributed by atoms with Gasteiger partial charge in [-0.25, -0.2) is 0 Å². The highest BCUT2D eigenvalue weighted by Crippen LogP contribution is 2.11. The summed E-state index contributed by atoms with van der Waals surface area (Å²) in [4.78, 5) is 3.78. The van der Waals surface area contributed by atoms with Crippen LogP contribution in [0.5, 0.6) is 0 Å². The molecule has 1 N–H and O–H groups in total. The lowest BCUT2D eigenvalue weighted by molar-refractivity contribution is -0.0332. The Hall–Kier alpha value is -1.04. The van der Waals surface area contributed by atoms with Crippen LogP contribution in [0.1, 0.15) is 0 Å². The van der Waals surface area contributed by atoms with Gasteiger partial charge in [0.15, 0.2) is 0 Å². The second-order valence-corrected chi connectivity index (χ2v) is 2.24. The molecule has 12 heavy (non-hydrogen) atoms. The predicted molar refractivity (Wildman–Crippen MR) is 40.4 cm³/mol. The van der Waals surface area contributed by atoms with Gasteiger partial charge in [0.1, 0.15) is 0 Å². The maximum atomic E-state index is 10.6. The maximum Gasteiger partial charge on any atom is 0.673 e. The average molecular weight is 195 g/mol. The zero-order valence-electron chi connectivity index (χ0n) is 5.88. The molecule has 0 radical (unpaired) electrons. The molecule has 1 aromatic rings. The normalized spacial score (nSPS) is 9.58. The van der Waals surface area contributed by atoms with E-state index in [0.717, 1.165) is 0 Å². The van der Waals surface area contributed by atoms with Crippen molar-refractivity contribution >= 4 is 11.6 Å². The molecule has 0 amide bonds. The van der Waals surface area contributed by atoms with Crippen LogP contribution >= 0.6 is 0 Å². The first-order chi connectivity index (χ1) is 5.56. The van der Waals surface area contributed by atoms with Crippen molar-refractivity contribution in [3.8, 4) is 0 Å². The van der Waals surface area contributed by atoms with Gasteiger partial charge in [-0.2, -0.15) is 0 Å². The first-order valence-corrected chi connectivity index (χ1v) is 3.64. The fraction of sp³-hybridized carbons (Fsp3) is 0.167. The topological polar surface area (TPSA) is 36.7 Å². The van der Waals surface area contributed by atoms with Crippen molar-refractivity contribution in [3.63, 3.8) is 0 Å². The largest absolute Gasteiger partial charge is 0.673 e. The molecule has 0 aliphatic rings. The minimum Gasteiger partial charge on any atom is -0.265 e. The summed E-state index contributed by atoms with van der Waals surface area (Å²) < 4.78 is 37.3. The van der Waals surface area contributed by atoms with E-state index in [2.05, 4.69) is 4.98 Å². The summed E-state index contributed by atoms with van der Waals surface area (Å²) in [5.74, 6) is 0. The molecule has 1 heterocycles. The van der Waals surface area contributed by atoms with Crippen LogP contribution in [0.3, 0.4) is 0 Å². The molecular weight excluding hydrogens is 189 g/mol. The summed E-state index contributed by atoms with van der Waals surface area (Å²) in [7, 11) is 0. The van der Waals surface area contributed by atoms with Crippen molar-refractivity contribution < 1.29 is 13.2 Å². The van der Waals surface area contributed by atoms with E-state index in [1.54, 1.807) is 12.4 Å². The fourth-order valence-corrected chi connectivity index (χ4v) is 0.313. The van der Waals surface area contributed by atoms with Gasteiger partial charge in [-0.3, -0.25) is 4.98 Å².